The number of hydrogen-bond acceptors (Lipinski definition) is 3. The van der Waals surface area contributed by atoms with Gasteiger partial charge in [0.2, 0.25) is 0 Å². The van der Waals surface area contributed by atoms with Crippen LogP contribution in [0.5, 0.6) is 11.5 Å². The van der Waals surface area contributed by atoms with Crippen molar-refractivity contribution in [1.82, 2.24) is 4.90 Å². The van der Waals surface area contributed by atoms with E-state index in [-0.39, 0.29) is 25.1 Å². The molecule has 1 amide bonds. The van der Waals surface area contributed by atoms with Gasteiger partial charge in [0.15, 0.2) is 0 Å². The summed E-state index contributed by atoms with van der Waals surface area (Å²) >= 11 is 6.18. The molecular formula is C19H15F3I3NO3. The maximum absolute atomic E-state index is 13.2. The van der Waals surface area contributed by atoms with Gasteiger partial charge in [0.1, 0.15) is 11.5 Å². The fourth-order valence-electron chi connectivity index (χ4n) is 3.49. The summed E-state index contributed by atoms with van der Waals surface area (Å²) in [6, 6.07) is 6.20. The molecule has 0 aromatic heterocycles. The van der Waals surface area contributed by atoms with Gasteiger partial charge in [0.25, 0.3) is 0 Å². The first-order valence-electron chi connectivity index (χ1n) is 8.44. The highest BCUT2D eigenvalue weighted by Crippen LogP contribution is 2.39. The zero-order chi connectivity index (χ0) is 21.5. The zero-order valence-corrected chi connectivity index (χ0v) is 21.5. The number of fused-ring (bicyclic) bond motifs is 1. The number of halogens is 6. The van der Waals surface area contributed by atoms with Crippen molar-refractivity contribution in [3.05, 3.63) is 51.7 Å². The maximum Gasteiger partial charge on any atom is 0.471 e. The van der Waals surface area contributed by atoms with E-state index in [1.165, 1.54) is 0 Å². The second kappa shape index (κ2) is 8.93. The average Bonchev–Trinajstić information content (AvgIpc) is 2.62. The van der Waals surface area contributed by atoms with Crippen molar-refractivity contribution in [2.24, 2.45) is 0 Å². The molecule has 29 heavy (non-hydrogen) atoms. The van der Waals surface area contributed by atoms with Crippen molar-refractivity contribution >= 4 is 73.7 Å². The zero-order valence-electron chi connectivity index (χ0n) is 15.0. The van der Waals surface area contributed by atoms with Gasteiger partial charge in [0.05, 0.1) is 23.9 Å². The number of phenols is 1. The predicted molar refractivity (Wildman–Crippen MR) is 127 cm³/mol. The molecule has 1 heterocycles. The summed E-state index contributed by atoms with van der Waals surface area (Å²) in [6.07, 6.45) is -4.45. The Morgan fingerprint density at radius 2 is 1.79 bits per heavy atom. The highest BCUT2D eigenvalue weighted by molar-refractivity contribution is 14.1. The van der Waals surface area contributed by atoms with Gasteiger partial charge in [-0.25, -0.2) is 0 Å². The van der Waals surface area contributed by atoms with E-state index in [4.69, 9.17) is 4.74 Å². The molecule has 0 radical (unpaired) electrons. The van der Waals surface area contributed by atoms with E-state index in [0.29, 0.717) is 14.9 Å². The van der Waals surface area contributed by atoms with E-state index in [0.717, 1.165) is 23.2 Å². The van der Waals surface area contributed by atoms with Crippen molar-refractivity contribution < 1.29 is 27.8 Å². The first-order chi connectivity index (χ1) is 13.5. The van der Waals surface area contributed by atoms with Crippen LogP contribution in [0.1, 0.15) is 22.7 Å². The highest BCUT2D eigenvalue weighted by atomic mass is 127. The molecule has 1 N–H and O–H groups in total. The summed E-state index contributed by atoms with van der Waals surface area (Å²) in [6.45, 7) is -0.0552. The lowest BCUT2D eigenvalue weighted by atomic mass is 9.88. The molecule has 0 spiro atoms. The Labute approximate surface area is 206 Å². The van der Waals surface area contributed by atoms with Gasteiger partial charge in [-0.2, -0.15) is 13.2 Å². The second-order valence-corrected chi connectivity index (χ2v) is 10.0. The minimum absolute atomic E-state index is 0.0552. The van der Waals surface area contributed by atoms with Gasteiger partial charge >= 0.3 is 12.1 Å². The predicted octanol–water partition coefficient (Wildman–Crippen LogP) is 5.45. The van der Waals surface area contributed by atoms with E-state index < -0.39 is 18.1 Å². The molecule has 1 atom stereocenters. The summed E-state index contributed by atoms with van der Waals surface area (Å²) in [7, 11) is 1.56. The smallest absolute Gasteiger partial charge is 0.471 e. The number of benzene rings is 2. The van der Waals surface area contributed by atoms with Crippen LogP contribution in [0.3, 0.4) is 0 Å². The Hall–Kier alpha value is -0.510. The van der Waals surface area contributed by atoms with Crippen LogP contribution in [0.2, 0.25) is 0 Å². The largest absolute Gasteiger partial charge is 0.507 e. The van der Waals surface area contributed by atoms with Gasteiger partial charge in [0, 0.05) is 6.54 Å². The minimum atomic E-state index is -4.94. The Bertz CT molecular complexity index is 943. The third-order valence-corrected chi connectivity index (χ3v) is 7.23. The molecule has 0 saturated carbocycles. The van der Waals surface area contributed by atoms with Crippen LogP contribution in [-0.4, -0.2) is 35.7 Å². The molecule has 156 valence electrons. The van der Waals surface area contributed by atoms with Crippen LogP contribution in [0.25, 0.3) is 0 Å². The lowest BCUT2D eigenvalue weighted by molar-refractivity contribution is -0.188. The number of amides is 1. The summed E-state index contributed by atoms with van der Waals surface area (Å²) < 4.78 is 47.3. The van der Waals surface area contributed by atoms with Crippen LogP contribution >= 0.6 is 67.8 Å². The molecular weight excluding hydrogens is 728 g/mol. The van der Waals surface area contributed by atoms with Crippen LogP contribution in [0.15, 0.2) is 24.3 Å². The van der Waals surface area contributed by atoms with E-state index in [9.17, 15) is 23.1 Å². The molecule has 0 bridgehead atoms. The lowest BCUT2D eigenvalue weighted by Gasteiger charge is -2.38. The second-order valence-electron chi connectivity index (χ2n) is 6.56. The molecule has 1 unspecified atom stereocenters. The minimum Gasteiger partial charge on any atom is -0.507 e. The average molecular weight is 743 g/mol. The number of nitrogens with zero attached hydrogens (tertiary/aromatic N) is 1. The topological polar surface area (TPSA) is 49.8 Å². The SMILES string of the molecule is COc1c(I)cc(CC2c3cc(I)c(O)cc3CCN2C(=O)C(F)(F)F)cc1I. The normalized spacial score (nSPS) is 16.5. The fraction of sp³-hybridized carbons (Fsp3) is 0.316. The van der Waals surface area contributed by atoms with Crippen LogP contribution in [0.4, 0.5) is 13.2 Å². The number of hydrogen-bond donors (Lipinski definition) is 1. The van der Waals surface area contributed by atoms with Crippen molar-refractivity contribution in [3.8, 4) is 11.5 Å². The number of ether oxygens (including phenoxy) is 1. The molecule has 0 aliphatic carbocycles. The molecule has 10 heteroatoms. The van der Waals surface area contributed by atoms with Gasteiger partial charge in [-0.05, 0) is 122 Å². The summed E-state index contributed by atoms with van der Waals surface area (Å²) in [5.74, 6) is -1.04. The Morgan fingerprint density at radius 1 is 1.17 bits per heavy atom. The molecule has 1 aliphatic rings. The highest BCUT2D eigenvalue weighted by Gasteiger charge is 2.46. The van der Waals surface area contributed by atoms with E-state index >= 15 is 0 Å². The monoisotopic (exact) mass is 743 g/mol. The van der Waals surface area contributed by atoms with Crippen LogP contribution < -0.4 is 4.74 Å². The van der Waals surface area contributed by atoms with Crippen molar-refractivity contribution in [2.45, 2.75) is 25.1 Å². The standard InChI is InChI=1S/C19H15F3I3NO3/c1-29-17-13(24)4-9(5-14(17)25)6-15-11-8-12(23)16(27)7-10(11)2-3-26(15)18(28)19(20,21)22/h4-5,7-8,15,27H,2-3,6H2,1H3. The summed E-state index contributed by atoms with van der Waals surface area (Å²) in [5, 5.41) is 10.0. The lowest BCUT2D eigenvalue weighted by Crippen LogP contribution is -2.47. The molecule has 2 aromatic rings. The molecule has 0 fully saturated rings. The van der Waals surface area contributed by atoms with E-state index in [1.807, 2.05) is 34.7 Å². The summed E-state index contributed by atoms with van der Waals surface area (Å²) in [4.78, 5) is 13.0. The molecule has 3 rings (SSSR count). The van der Waals surface area contributed by atoms with Gasteiger partial charge in [-0.3, -0.25) is 4.79 Å². The van der Waals surface area contributed by atoms with Crippen molar-refractivity contribution in [1.29, 1.82) is 0 Å². The van der Waals surface area contributed by atoms with Crippen LogP contribution in [-0.2, 0) is 17.6 Å². The summed E-state index contributed by atoms with van der Waals surface area (Å²) in [5.41, 5.74) is 2.20. The molecule has 2 aromatic carbocycles. The fourth-order valence-corrected chi connectivity index (χ4v) is 6.32. The molecule has 1 aliphatic heterocycles. The van der Waals surface area contributed by atoms with Gasteiger partial charge in [-0.15, -0.1) is 0 Å². The van der Waals surface area contributed by atoms with E-state index in [1.54, 1.807) is 19.2 Å². The van der Waals surface area contributed by atoms with Gasteiger partial charge in [-0.1, -0.05) is 0 Å². The number of methoxy groups -OCH3 is 1. The molecule has 0 saturated heterocycles. The number of aromatic hydroxyl groups is 1. The van der Waals surface area contributed by atoms with Crippen molar-refractivity contribution in [2.75, 3.05) is 13.7 Å². The molecule has 4 nitrogen and oxygen atoms in total. The first kappa shape index (κ1) is 23.2. The number of carbonyl (C=O) groups excluding carboxylic acids is 1. The van der Waals surface area contributed by atoms with Crippen LogP contribution in [0, 0.1) is 10.7 Å². The number of carbonyl (C=O) groups is 1. The third kappa shape index (κ3) is 4.88. The third-order valence-electron chi connectivity index (χ3n) is 4.76. The maximum atomic E-state index is 13.2. The Morgan fingerprint density at radius 3 is 2.34 bits per heavy atom. The van der Waals surface area contributed by atoms with Gasteiger partial charge < -0.3 is 14.7 Å². The quantitative estimate of drug-likeness (QED) is 0.427. The Balaban J connectivity index is 2.08. The first-order valence-corrected chi connectivity index (χ1v) is 11.7. The Kier molecular flexibility index (Phi) is 7.13. The number of alkyl halides is 3. The van der Waals surface area contributed by atoms with E-state index in [2.05, 4.69) is 45.2 Å². The number of phenolic OH excluding ortho intramolecular Hbond substituents is 1. The van der Waals surface area contributed by atoms with Crippen molar-refractivity contribution in [3.63, 3.8) is 0 Å². The number of rotatable bonds is 3.